The van der Waals surface area contributed by atoms with Gasteiger partial charge in [0.1, 0.15) is 11.9 Å². The third-order valence-electron chi connectivity index (χ3n) is 4.81. The number of carbonyl (C=O) groups is 1. The van der Waals surface area contributed by atoms with Crippen LogP contribution in [0.2, 0.25) is 0 Å². The SMILES string of the molecule is Cc1ccc(C(=O)NNC2=C[C@H](c3ccccc3)Oc3ccccc32)c(C)c1. The largest absolute Gasteiger partial charge is 0.481 e. The van der Waals surface area contributed by atoms with Gasteiger partial charge in [-0.1, -0.05) is 60.2 Å². The minimum atomic E-state index is -0.225. The molecule has 0 bridgehead atoms. The zero-order valence-corrected chi connectivity index (χ0v) is 15.9. The number of hydrazine groups is 1. The number of hydrogen-bond acceptors (Lipinski definition) is 3. The van der Waals surface area contributed by atoms with Crippen LogP contribution in [0.4, 0.5) is 0 Å². The zero-order chi connectivity index (χ0) is 19.5. The highest BCUT2D eigenvalue weighted by molar-refractivity contribution is 5.96. The van der Waals surface area contributed by atoms with E-state index in [2.05, 4.69) is 10.9 Å². The molecule has 1 amide bonds. The summed E-state index contributed by atoms with van der Waals surface area (Å²) in [4.78, 5) is 12.7. The van der Waals surface area contributed by atoms with Crippen LogP contribution in [0.3, 0.4) is 0 Å². The molecular formula is C24H22N2O2. The Kier molecular flexibility index (Phi) is 4.85. The van der Waals surface area contributed by atoms with Gasteiger partial charge >= 0.3 is 0 Å². The Labute approximate surface area is 164 Å². The van der Waals surface area contributed by atoms with Crippen molar-refractivity contribution < 1.29 is 9.53 Å². The van der Waals surface area contributed by atoms with Crippen LogP contribution in [0, 0.1) is 13.8 Å². The van der Waals surface area contributed by atoms with Crippen molar-refractivity contribution in [3.63, 3.8) is 0 Å². The van der Waals surface area contributed by atoms with Crippen molar-refractivity contribution in [3.05, 3.63) is 107 Å². The topological polar surface area (TPSA) is 50.4 Å². The molecule has 0 saturated carbocycles. The molecular weight excluding hydrogens is 348 g/mol. The fourth-order valence-electron chi connectivity index (χ4n) is 3.38. The van der Waals surface area contributed by atoms with Gasteiger partial charge in [0.25, 0.3) is 5.91 Å². The Morgan fingerprint density at radius 3 is 2.46 bits per heavy atom. The number of ether oxygens (including phenoxy) is 1. The summed E-state index contributed by atoms with van der Waals surface area (Å²) < 4.78 is 6.14. The maximum Gasteiger partial charge on any atom is 0.269 e. The van der Waals surface area contributed by atoms with Gasteiger partial charge < -0.3 is 4.74 Å². The quantitative estimate of drug-likeness (QED) is 0.654. The standard InChI is InChI=1S/C24H22N2O2/c1-16-12-13-19(17(2)14-16)24(27)26-25-21-15-23(18-8-4-3-5-9-18)28-22-11-7-6-10-20(21)22/h3-15,23,25H,1-2H3,(H,26,27)/t23-/m1/s1. The van der Waals surface area contributed by atoms with Crippen LogP contribution < -0.4 is 15.6 Å². The van der Waals surface area contributed by atoms with Crippen molar-refractivity contribution in [2.24, 2.45) is 0 Å². The van der Waals surface area contributed by atoms with Crippen LogP contribution >= 0.6 is 0 Å². The first-order chi connectivity index (χ1) is 13.6. The predicted octanol–water partition coefficient (Wildman–Crippen LogP) is 4.71. The molecule has 1 aliphatic rings. The lowest BCUT2D eigenvalue weighted by atomic mass is 10.0. The molecule has 140 valence electrons. The molecule has 3 aromatic carbocycles. The van der Waals surface area contributed by atoms with Gasteiger partial charge in [0.05, 0.1) is 5.70 Å². The molecule has 0 saturated heterocycles. The number of hydrogen-bond donors (Lipinski definition) is 2. The van der Waals surface area contributed by atoms with E-state index in [1.807, 2.05) is 92.7 Å². The summed E-state index contributed by atoms with van der Waals surface area (Å²) in [5.41, 5.74) is 11.4. The lowest BCUT2D eigenvalue weighted by molar-refractivity contribution is 0.0941. The van der Waals surface area contributed by atoms with Crippen LogP contribution in [0.1, 0.15) is 38.7 Å². The second kappa shape index (κ2) is 7.61. The molecule has 1 atom stereocenters. The van der Waals surface area contributed by atoms with Crippen LogP contribution in [0.25, 0.3) is 5.70 Å². The van der Waals surface area contributed by atoms with Gasteiger partial charge in [-0.25, -0.2) is 0 Å². The molecule has 4 heteroatoms. The molecule has 0 aliphatic carbocycles. The average molecular weight is 370 g/mol. The maximum absolute atomic E-state index is 12.7. The Morgan fingerprint density at radius 1 is 0.929 bits per heavy atom. The molecule has 1 heterocycles. The summed E-state index contributed by atoms with van der Waals surface area (Å²) in [7, 11) is 0. The number of carbonyl (C=O) groups excluding carboxylic acids is 1. The van der Waals surface area contributed by atoms with Crippen molar-refractivity contribution in [2.75, 3.05) is 0 Å². The number of fused-ring (bicyclic) bond motifs is 1. The minimum absolute atomic E-state index is 0.168. The van der Waals surface area contributed by atoms with Gasteiger partial charge in [-0.05, 0) is 49.2 Å². The molecule has 1 aliphatic heterocycles. The highest BCUT2D eigenvalue weighted by atomic mass is 16.5. The molecule has 0 radical (unpaired) electrons. The van der Waals surface area contributed by atoms with Gasteiger partial charge in [-0.15, -0.1) is 0 Å². The number of aryl methyl sites for hydroxylation is 2. The van der Waals surface area contributed by atoms with E-state index in [4.69, 9.17) is 4.74 Å². The van der Waals surface area contributed by atoms with Crippen LogP contribution in [-0.4, -0.2) is 5.91 Å². The monoisotopic (exact) mass is 370 g/mol. The third-order valence-corrected chi connectivity index (χ3v) is 4.81. The van der Waals surface area contributed by atoms with E-state index >= 15 is 0 Å². The molecule has 0 spiro atoms. The number of benzene rings is 3. The van der Waals surface area contributed by atoms with Crippen LogP contribution in [0.5, 0.6) is 5.75 Å². The predicted molar refractivity (Wildman–Crippen MR) is 111 cm³/mol. The fraction of sp³-hybridized carbons (Fsp3) is 0.125. The smallest absolute Gasteiger partial charge is 0.269 e. The second-order valence-electron chi connectivity index (χ2n) is 6.92. The summed E-state index contributed by atoms with van der Waals surface area (Å²) in [6, 6.07) is 23.6. The Balaban J connectivity index is 1.59. The summed E-state index contributed by atoms with van der Waals surface area (Å²) in [5, 5.41) is 0. The average Bonchev–Trinajstić information content (AvgIpc) is 2.72. The Hall–Kier alpha value is -3.53. The first kappa shape index (κ1) is 17.9. The highest BCUT2D eigenvalue weighted by Gasteiger charge is 2.22. The normalized spacial score (nSPS) is 15.1. The first-order valence-electron chi connectivity index (χ1n) is 9.28. The summed E-state index contributed by atoms with van der Waals surface area (Å²) >= 11 is 0. The summed E-state index contributed by atoms with van der Waals surface area (Å²) in [6.07, 6.45) is 1.76. The van der Waals surface area contributed by atoms with Crippen molar-refractivity contribution in [3.8, 4) is 5.75 Å². The van der Waals surface area contributed by atoms with Crippen molar-refractivity contribution in [1.82, 2.24) is 10.9 Å². The summed E-state index contributed by atoms with van der Waals surface area (Å²) in [5.74, 6) is 0.612. The van der Waals surface area contributed by atoms with Gasteiger partial charge in [0, 0.05) is 11.1 Å². The fourth-order valence-corrected chi connectivity index (χ4v) is 3.38. The van der Waals surface area contributed by atoms with E-state index in [0.717, 1.165) is 33.7 Å². The number of rotatable bonds is 4. The molecule has 28 heavy (non-hydrogen) atoms. The van der Waals surface area contributed by atoms with Crippen molar-refractivity contribution in [1.29, 1.82) is 0 Å². The highest BCUT2D eigenvalue weighted by Crippen LogP contribution is 2.35. The number of amides is 1. The van der Waals surface area contributed by atoms with E-state index in [1.165, 1.54) is 0 Å². The van der Waals surface area contributed by atoms with E-state index < -0.39 is 0 Å². The van der Waals surface area contributed by atoms with Crippen molar-refractivity contribution in [2.45, 2.75) is 20.0 Å². The molecule has 0 aromatic heterocycles. The third kappa shape index (κ3) is 3.62. The Bertz CT molecular complexity index is 1040. The lowest BCUT2D eigenvalue weighted by Crippen LogP contribution is -2.37. The van der Waals surface area contributed by atoms with Gasteiger partial charge in [-0.3, -0.25) is 15.6 Å². The van der Waals surface area contributed by atoms with Crippen LogP contribution in [-0.2, 0) is 0 Å². The van der Waals surface area contributed by atoms with Crippen LogP contribution in [0.15, 0.2) is 78.9 Å². The molecule has 0 unspecified atom stereocenters. The zero-order valence-electron chi connectivity index (χ0n) is 15.9. The number of nitrogens with one attached hydrogen (secondary N) is 2. The van der Waals surface area contributed by atoms with Gasteiger partial charge in [-0.2, -0.15) is 0 Å². The van der Waals surface area contributed by atoms with E-state index in [1.54, 1.807) is 0 Å². The molecule has 3 aromatic rings. The number of para-hydroxylation sites is 1. The van der Waals surface area contributed by atoms with E-state index in [0.29, 0.717) is 5.56 Å². The van der Waals surface area contributed by atoms with Gasteiger partial charge in [0.15, 0.2) is 0 Å². The lowest BCUT2D eigenvalue weighted by Gasteiger charge is -2.26. The molecule has 2 N–H and O–H groups in total. The van der Waals surface area contributed by atoms with E-state index in [9.17, 15) is 4.79 Å². The summed E-state index contributed by atoms with van der Waals surface area (Å²) in [6.45, 7) is 3.96. The second-order valence-corrected chi connectivity index (χ2v) is 6.92. The first-order valence-corrected chi connectivity index (χ1v) is 9.28. The Morgan fingerprint density at radius 2 is 1.68 bits per heavy atom. The van der Waals surface area contributed by atoms with E-state index in [-0.39, 0.29) is 12.0 Å². The van der Waals surface area contributed by atoms with Gasteiger partial charge in [0.2, 0.25) is 0 Å². The minimum Gasteiger partial charge on any atom is -0.481 e. The maximum atomic E-state index is 12.7. The molecule has 4 rings (SSSR count). The molecule has 0 fully saturated rings. The molecule has 4 nitrogen and oxygen atoms in total. The van der Waals surface area contributed by atoms with Crippen molar-refractivity contribution >= 4 is 11.6 Å².